The lowest BCUT2D eigenvalue weighted by Crippen LogP contribution is -2.37. The van der Waals surface area contributed by atoms with E-state index in [4.69, 9.17) is 20.2 Å². The smallest absolute Gasteiger partial charge is 0.350 e. The number of ether oxygens (including phenoxy) is 2. The van der Waals surface area contributed by atoms with Crippen molar-refractivity contribution in [2.45, 2.75) is 11.0 Å². The Morgan fingerprint density at radius 1 is 1.56 bits per heavy atom. The maximum absolute atomic E-state index is 11.6. The van der Waals surface area contributed by atoms with Crippen LogP contribution in [0.1, 0.15) is 9.67 Å². The third kappa shape index (κ3) is 2.37. The fourth-order valence-corrected chi connectivity index (χ4v) is 3.41. The van der Waals surface area contributed by atoms with Crippen LogP contribution in [-0.2, 0) is 18.5 Å². The minimum absolute atomic E-state index is 0.00176. The molecular formula is C8H7ClO5S2. The van der Waals surface area contributed by atoms with Crippen molar-refractivity contribution in [3.63, 3.8) is 0 Å². The van der Waals surface area contributed by atoms with Crippen molar-refractivity contribution in [3.05, 3.63) is 16.3 Å². The van der Waals surface area contributed by atoms with E-state index in [0.717, 1.165) is 11.3 Å². The Bertz CT molecular complexity index is 502. The number of halogens is 1. The summed E-state index contributed by atoms with van der Waals surface area (Å²) >= 11 is 0.982. The largest absolute Gasteiger partial charge is 0.453 e. The minimum Gasteiger partial charge on any atom is -0.453 e. The van der Waals surface area contributed by atoms with Crippen molar-refractivity contribution in [3.8, 4) is 0 Å². The number of carbonyl (C=O) groups is 1. The van der Waals surface area contributed by atoms with E-state index in [-0.39, 0.29) is 15.9 Å². The second-order valence-corrected chi connectivity index (χ2v) is 6.57. The topological polar surface area (TPSA) is 69.7 Å². The van der Waals surface area contributed by atoms with Gasteiger partial charge >= 0.3 is 5.97 Å². The van der Waals surface area contributed by atoms with Gasteiger partial charge in [0, 0.05) is 10.7 Å². The second kappa shape index (κ2) is 4.33. The molecule has 0 amide bonds. The van der Waals surface area contributed by atoms with E-state index in [1.54, 1.807) is 0 Å². The second-order valence-electron chi connectivity index (χ2n) is 3.12. The summed E-state index contributed by atoms with van der Waals surface area (Å²) in [5, 5.41) is 1.48. The average Bonchev–Trinajstić information content (AvgIpc) is 2.58. The molecule has 16 heavy (non-hydrogen) atoms. The molecule has 1 fully saturated rings. The predicted octanol–water partition coefficient (Wildman–Crippen LogP) is 1.23. The lowest BCUT2D eigenvalue weighted by molar-refractivity contribution is -0.103. The molecule has 1 aliphatic heterocycles. The zero-order valence-corrected chi connectivity index (χ0v) is 10.3. The Morgan fingerprint density at radius 3 is 2.75 bits per heavy atom. The van der Waals surface area contributed by atoms with E-state index in [2.05, 4.69) is 0 Å². The van der Waals surface area contributed by atoms with Gasteiger partial charge in [0.15, 0.2) is 0 Å². The van der Waals surface area contributed by atoms with Gasteiger partial charge in [0.25, 0.3) is 9.05 Å². The lowest BCUT2D eigenvalue weighted by Gasteiger charge is -2.25. The summed E-state index contributed by atoms with van der Waals surface area (Å²) in [6, 6.07) is 1.28. The lowest BCUT2D eigenvalue weighted by atomic mass is 10.3. The zero-order chi connectivity index (χ0) is 11.8. The fraction of sp³-hybridized carbons (Fsp3) is 0.375. The van der Waals surface area contributed by atoms with Crippen LogP contribution in [0.15, 0.2) is 16.3 Å². The van der Waals surface area contributed by atoms with Crippen molar-refractivity contribution in [2.75, 3.05) is 13.2 Å². The van der Waals surface area contributed by atoms with Gasteiger partial charge < -0.3 is 9.47 Å². The third-order valence-electron chi connectivity index (χ3n) is 1.96. The van der Waals surface area contributed by atoms with Crippen LogP contribution >= 0.6 is 22.0 Å². The monoisotopic (exact) mass is 282 g/mol. The molecule has 1 saturated heterocycles. The first-order valence-electron chi connectivity index (χ1n) is 4.29. The molecule has 0 radical (unpaired) electrons. The highest BCUT2D eigenvalue weighted by Gasteiger charge is 2.28. The normalized spacial score (nSPS) is 16.8. The van der Waals surface area contributed by atoms with Crippen LogP contribution in [0.25, 0.3) is 0 Å². The van der Waals surface area contributed by atoms with Gasteiger partial charge in [0.1, 0.15) is 15.9 Å². The maximum Gasteiger partial charge on any atom is 0.350 e. The number of hydrogen-bond acceptors (Lipinski definition) is 6. The quantitative estimate of drug-likeness (QED) is 0.616. The highest BCUT2D eigenvalue weighted by molar-refractivity contribution is 8.13. The Labute approximate surface area is 100 Å². The molecule has 0 bridgehead atoms. The number of rotatable bonds is 3. The molecule has 1 aromatic rings. The highest BCUT2D eigenvalue weighted by atomic mass is 35.7. The van der Waals surface area contributed by atoms with E-state index < -0.39 is 15.0 Å². The van der Waals surface area contributed by atoms with E-state index in [9.17, 15) is 13.2 Å². The van der Waals surface area contributed by atoms with Gasteiger partial charge in [-0.2, -0.15) is 0 Å². The Hall–Kier alpha value is -0.630. The van der Waals surface area contributed by atoms with Crippen LogP contribution in [0.5, 0.6) is 0 Å². The minimum atomic E-state index is -3.91. The summed E-state index contributed by atoms with van der Waals surface area (Å²) in [5.41, 5.74) is 0. The number of thiophene rings is 1. The van der Waals surface area contributed by atoms with E-state index in [0.29, 0.717) is 13.2 Å². The van der Waals surface area contributed by atoms with Crippen molar-refractivity contribution in [2.24, 2.45) is 0 Å². The summed E-state index contributed by atoms with van der Waals surface area (Å²) < 4.78 is 32.1. The van der Waals surface area contributed by atoms with Crippen LogP contribution in [0.2, 0.25) is 0 Å². The first kappa shape index (κ1) is 11.8. The molecule has 0 aromatic carbocycles. The summed E-state index contributed by atoms with van der Waals surface area (Å²) in [6.45, 7) is 0.695. The molecule has 0 atom stereocenters. The summed E-state index contributed by atoms with van der Waals surface area (Å²) in [6.07, 6.45) is -0.291. The van der Waals surface area contributed by atoms with Gasteiger partial charge in [-0.1, -0.05) is 0 Å². The number of esters is 1. The third-order valence-corrected chi connectivity index (χ3v) is 4.35. The molecule has 2 heterocycles. The van der Waals surface area contributed by atoms with Gasteiger partial charge in [-0.05, 0) is 11.4 Å². The SMILES string of the molecule is O=C(OC1COC1)c1sccc1S(=O)(=O)Cl. The molecule has 0 aliphatic carbocycles. The molecule has 1 aliphatic rings. The van der Waals surface area contributed by atoms with Crippen LogP contribution in [0.4, 0.5) is 0 Å². The van der Waals surface area contributed by atoms with Crippen LogP contribution in [0, 0.1) is 0 Å². The molecule has 0 unspecified atom stereocenters. The first-order valence-corrected chi connectivity index (χ1v) is 7.48. The van der Waals surface area contributed by atoms with Crippen molar-refractivity contribution in [1.29, 1.82) is 0 Å². The van der Waals surface area contributed by atoms with Crippen molar-refractivity contribution < 1.29 is 22.7 Å². The summed E-state index contributed by atoms with van der Waals surface area (Å²) in [4.78, 5) is 11.4. The zero-order valence-electron chi connectivity index (χ0n) is 7.88. The molecule has 0 N–H and O–H groups in total. The molecule has 88 valence electrons. The number of carbonyl (C=O) groups excluding carboxylic acids is 1. The standard InChI is InChI=1S/C8H7ClO5S2/c9-16(11,12)6-1-2-15-7(6)8(10)14-5-3-13-4-5/h1-2,5H,3-4H2. The van der Waals surface area contributed by atoms with Crippen LogP contribution < -0.4 is 0 Å². The highest BCUT2D eigenvalue weighted by Crippen LogP contribution is 2.26. The molecule has 0 spiro atoms. The molecule has 1 aromatic heterocycles. The predicted molar refractivity (Wildman–Crippen MR) is 57.4 cm³/mol. The first-order chi connectivity index (χ1) is 7.48. The summed E-state index contributed by atoms with van der Waals surface area (Å²) in [5.74, 6) is -0.678. The van der Waals surface area contributed by atoms with Gasteiger partial charge in [-0.3, -0.25) is 0 Å². The van der Waals surface area contributed by atoms with Gasteiger partial charge in [-0.25, -0.2) is 13.2 Å². The van der Waals surface area contributed by atoms with Crippen molar-refractivity contribution >= 4 is 37.0 Å². The van der Waals surface area contributed by atoms with Crippen LogP contribution in [-0.4, -0.2) is 33.7 Å². The van der Waals surface area contributed by atoms with Gasteiger partial charge in [0.2, 0.25) is 0 Å². The molecule has 0 saturated carbocycles. The van der Waals surface area contributed by atoms with Crippen molar-refractivity contribution in [1.82, 2.24) is 0 Å². The molecule has 2 rings (SSSR count). The van der Waals surface area contributed by atoms with Crippen LogP contribution in [0.3, 0.4) is 0 Å². The Kier molecular flexibility index (Phi) is 3.20. The average molecular weight is 283 g/mol. The Morgan fingerprint density at radius 2 is 2.25 bits per heavy atom. The molecule has 5 nitrogen and oxygen atoms in total. The summed E-state index contributed by atoms with van der Waals surface area (Å²) in [7, 11) is 1.27. The maximum atomic E-state index is 11.6. The van der Waals surface area contributed by atoms with E-state index in [1.165, 1.54) is 11.4 Å². The number of hydrogen-bond donors (Lipinski definition) is 0. The van der Waals surface area contributed by atoms with E-state index >= 15 is 0 Å². The van der Waals surface area contributed by atoms with E-state index in [1.807, 2.05) is 0 Å². The van der Waals surface area contributed by atoms with Gasteiger partial charge in [-0.15, -0.1) is 11.3 Å². The molecule has 8 heteroatoms. The van der Waals surface area contributed by atoms with Gasteiger partial charge in [0.05, 0.1) is 13.2 Å². The fourth-order valence-electron chi connectivity index (χ4n) is 1.13. The Balaban J connectivity index is 2.20. The molecular weight excluding hydrogens is 276 g/mol.